The monoisotopic (exact) mass is 151 g/mol. The van der Waals surface area contributed by atoms with Crippen molar-refractivity contribution in [3.8, 4) is 0 Å². The normalized spacial score (nSPS) is 12.2. The first-order valence-corrected chi connectivity index (χ1v) is 2.60. The third kappa shape index (κ3) is 3.78. The third-order valence-corrected chi connectivity index (χ3v) is 1.01. The summed E-state index contributed by atoms with van der Waals surface area (Å²) in [6, 6.07) is -0.829. The summed E-state index contributed by atoms with van der Waals surface area (Å²) >= 11 is 4.91. The van der Waals surface area contributed by atoms with Gasteiger partial charge in [0.25, 0.3) is 0 Å². The van der Waals surface area contributed by atoms with Gasteiger partial charge in [0.2, 0.25) is 5.24 Å². The van der Waals surface area contributed by atoms with Gasteiger partial charge < -0.3 is 10.4 Å². The maximum absolute atomic E-state index is 10.1. The minimum absolute atomic E-state index is 0.711. The van der Waals surface area contributed by atoms with Crippen LogP contribution in [0.2, 0.25) is 0 Å². The van der Waals surface area contributed by atoms with E-state index in [0.29, 0.717) is 0 Å². The molecular weight excluding hydrogens is 146 g/mol. The number of halogens is 1. The molecule has 0 aliphatic carbocycles. The van der Waals surface area contributed by atoms with Crippen LogP contribution >= 0.6 is 11.6 Å². The first-order valence-electron chi connectivity index (χ1n) is 2.23. The van der Waals surface area contributed by atoms with Gasteiger partial charge in [0, 0.05) is 0 Å². The summed E-state index contributed by atoms with van der Waals surface area (Å²) in [5, 5.41) is 9.18. The van der Waals surface area contributed by atoms with Crippen molar-refractivity contribution >= 4 is 22.9 Å². The molecule has 1 atom stereocenters. The topological polar surface area (TPSA) is 66.4 Å². The van der Waals surface area contributed by atoms with Gasteiger partial charge in [0.15, 0.2) is 0 Å². The Morgan fingerprint density at radius 3 is 2.22 bits per heavy atom. The largest absolute Gasteiger partial charge is 0.465 e. The maximum Gasteiger partial charge on any atom is 0.405 e. The summed E-state index contributed by atoms with van der Waals surface area (Å²) in [5.74, 6) is 0. The SMILES string of the molecule is C[C@@H](NC(=O)O)C(=O)Cl. The van der Waals surface area contributed by atoms with Crippen molar-refractivity contribution in [1.82, 2.24) is 5.32 Å². The number of nitrogens with one attached hydrogen (secondary N) is 1. The molecule has 2 N–H and O–H groups in total. The molecule has 0 aliphatic heterocycles. The molecule has 52 valence electrons. The predicted octanol–water partition coefficient (Wildman–Crippen LogP) is 0.408. The van der Waals surface area contributed by atoms with Crippen molar-refractivity contribution in [1.29, 1.82) is 0 Å². The standard InChI is InChI=1S/C4H6ClNO3/c1-2(3(5)7)6-4(8)9/h2,6H,1H3,(H,8,9)/t2-/m1/s1. The van der Waals surface area contributed by atoms with Gasteiger partial charge in [-0.3, -0.25) is 4.79 Å². The van der Waals surface area contributed by atoms with Crippen LogP contribution in [0, 0.1) is 0 Å². The van der Waals surface area contributed by atoms with Crippen molar-refractivity contribution in [3.63, 3.8) is 0 Å². The van der Waals surface area contributed by atoms with Gasteiger partial charge >= 0.3 is 6.09 Å². The fraction of sp³-hybridized carbons (Fsp3) is 0.500. The minimum Gasteiger partial charge on any atom is -0.465 e. The maximum atomic E-state index is 10.1. The Balaban J connectivity index is 3.63. The van der Waals surface area contributed by atoms with E-state index >= 15 is 0 Å². The van der Waals surface area contributed by atoms with Gasteiger partial charge in [-0.2, -0.15) is 0 Å². The van der Waals surface area contributed by atoms with Crippen LogP contribution in [-0.2, 0) is 4.79 Å². The van der Waals surface area contributed by atoms with Crippen LogP contribution in [0.3, 0.4) is 0 Å². The van der Waals surface area contributed by atoms with Crippen molar-refractivity contribution < 1.29 is 14.7 Å². The second-order valence-corrected chi connectivity index (χ2v) is 1.85. The van der Waals surface area contributed by atoms with Crippen molar-refractivity contribution in [2.75, 3.05) is 0 Å². The lowest BCUT2D eigenvalue weighted by molar-refractivity contribution is -0.113. The van der Waals surface area contributed by atoms with E-state index in [4.69, 9.17) is 16.7 Å². The molecule has 0 aromatic rings. The zero-order valence-electron chi connectivity index (χ0n) is 4.72. The average molecular weight is 152 g/mol. The molecule has 0 rings (SSSR count). The minimum atomic E-state index is -1.25. The molecule has 0 bridgehead atoms. The summed E-state index contributed by atoms with van der Waals surface area (Å²) < 4.78 is 0. The molecule has 0 saturated heterocycles. The van der Waals surface area contributed by atoms with E-state index < -0.39 is 17.4 Å². The Hall–Kier alpha value is -0.770. The number of rotatable bonds is 2. The highest BCUT2D eigenvalue weighted by Gasteiger charge is 2.10. The molecule has 0 aliphatic rings. The Labute approximate surface area is 56.8 Å². The summed E-state index contributed by atoms with van der Waals surface area (Å²) in [5.41, 5.74) is 0. The van der Waals surface area contributed by atoms with Crippen molar-refractivity contribution in [2.24, 2.45) is 0 Å². The molecule has 0 saturated carbocycles. The Morgan fingerprint density at radius 2 is 2.11 bits per heavy atom. The fourth-order valence-electron chi connectivity index (χ4n) is 0.242. The van der Waals surface area contributed by atoms with E-state index in [1.54, 1.807) is 0 Å². The van der Waals surface area contributed by atoms with E-state index in [1.165, 1.54) is 6.92 Å². The molecule has 0 unspecified atom stereocenters. The molecule has 0 spiro atoms. The lowest BCUT2D eigenvalue weighted by Crippen LogP contribution is -2.35. The number of carbonyl (C=O) groups is 2. The van der Waals surface area contributed by atoms with Crippen LogP contribution in [0.1, 0.15) is 6.92 Å². The fourth-order valence-corrected chi connectivity index (χ4v) is 0.297. The lowest BCUT2D eigenvalue weighted by atomic mass is 10.4. The molecule has 4 nitrogen and oxygen atoms in total. The van der Waals surface area contributed by atoms with E-state index in [9.17, 15) is 9.59 Å². The number of carbonyl (C=O) groups excluding carboxylic acids is 1. The van der Waals surface area contributed by atoms with Crippen molar-refractivity contribution in [2.45, 2.75) is 13.0 Å². The highest BCUT2D eigenvalue weighted by atomic mass is 35.5. The number of amides is 1. The average Bonchev–Trinajstić information content (AvgIpc) is 1.63. The molecule has 9 heavy (non-hydrogen) atoms. The summed E-state index contributed by atoms with van der Waals surface area (Å²) in [4.78, 5) is 19.9. The zero-order chi connectivity index (χ0) is 7.44. The molecule has 0 aromatic heterocycles. The quantitative estimate of drug-likeness (QED) is 0.562. The Kier molecular flexibility index (Phi) is 3.01. The summed E-state index contributed by atoms with van der Waals surface area (Å²) in [6.45, 7) is 1.36. The first-order chi connectivity index (χ1) is 4.04. The zero-order valence-corrected chi connectivity index (χ0v) is 5.47. The van der Waals surface area contributed by atoms with Crippen LogP contribution < -0.4 is 5.32 Å². The van der Waals surface area contributed by atoms with Crippen LogP contribution in [-0.4, -0.2) is 22.5 Å². The summed E-state index contributed by atoms with van der Waals surface area (Å²) in [7, 11) is 0. The molecular formula is C4H6ClNO3. The molecule has 0 radical (unpaired) electrons. The van der Waals surface area contributed by atoms with Gasteiger partial charge in [-0.05, 0) is 18.5 Å². The van der Waals surface area contributed by atoms with Crippen LogP contribution in [0.15, 0.2) is 0 Å². The number of carboxylic acid groups (broad SMARTS) is 1. The lowest BCUT2D eigenvalue weighted by Gasteiger charge is -2.02. The van der Waals surface area contributed by atoms with Gasteiger partial charge in [-0.25, -0.2) is 4.79 Å². The van der Waals surface area contributed by atoms with Gasteiger partial charge in [0.05, 0.1) is 0 Å². The second kappa shape index (κ2) is 3.29. The number of hydrogen-bond donors (Lipinski definition) is 2. The molecule has 0 aromatic carbocycles. The molecule has 1 amide bonds. The van der Waals surface area contributed by atoms with E-state index in [2.05, 4.69) is 0 Å². The Morgan fingerprint density at radius 1 is 1.67 bits per heavy atom. The molecule has 0 fully saturated rings. The highest BCUT2D eigenvalue weighted by molar-refractivity contribution is 6.64. The Bertz CT molecular complexity index is 136. The van der Waals surface area contributed by atoms with Crippen LogP contribution in [0.5, 0.6) is 0 Å². The van der Waals surface area contributed by atoms with Crippen LogP contribution in [0.25, 0.3) is 0 Å². The first kappa shape index (κ1) is 8.23. The van der Waals surface area contributed by atoms with E-state index in [0.717, 1.165) is 0 Å². The van der Waals surface area contributed by atoms with E-state index in [1.807, 2.05) is 5.32 Å². The predicted molar refractivity (Wildman–Crippen MR) is 31.5 cm³/mol. The van der Waals surface area contributed by atoms with Gasteiger partial charge in [-0.15, -0.1) is 0 Å². The van der Waals surface area contributed by atoms with Gasteiger partial charge in [-0.1, -0.05) is 0 Å². The molecule has 5 heteroatoms. The number of hydrogen-bond acceptors (Lipinski definition) is 2. The highest BCUT2D eigenvalue weighted by Crippen LogP contribution is 1.87. The van der Waals surface area contributed by atoms with Crippen LogP contribution in [0.4, 0.5) is 4.79 Å². The van der Waals surface area contributed by atoms with Gasteiger partial charge in [0.1, 0.15) is 6.04 Å². The van der Waals surface area contributed by atoms with E-state index in [-0.39, 0.29) is 0 Å². The second-order valence-electron chi connectivity index (χ2n) is 1.48. The smallest absolute Gasteiger partial charge is 0.405 e. The summed E-state index contributed by atoms with van der Waals surface area (Å²) in [6.07, 6.45) is -1.25. The molecule has 0 heterocycles. The van der Waals surface area contributed by atoms with Crippen molar-refractivity contribution in [3.05, 3.63) is 0 Å². The third-order valence-electron chi connectivity index (χ3n) is 0.680.